The summed E-state index contributed by atoms with van der Waals surface area (Å²) in [5.41, 5.74) is 1.89. The second-order valence-corrected chi connectivity index (χ2v) is 7.33. The molecular formula is C22H22O5. The summed E-state index contributed by atoms with van der Waals surface area (Å²) in [7, 11) is 0. The van der Waals surface area contributed by atoms with Crippen molar-refractivity contribution in [2.75, 3.05) is 6.61 Å². The maximum absolute atomic E-state index is 12.5. The fourth-order valence-electron chi connectivity index (χ4n) is 2.66. The molecule has 0 aromatic heterocycles. The summed E-state index contributed by atoms with van der Waals surface area (Å²) < 4.78 is 16.4. The Kier molecular flexibility index (Phi) is 5.04. The lowest BCUT2D eigenvalue weighted by Gasteiger charge is -2.19. The van der Waals surface area contributed by atoms with Crippen LogP contribution in [-0.2, 0) is 9.53 Å². The van der Waals surface area contributed by atoms with Crippen LogP contribution < -0.4 is 9.47 Å². The maximum atomic E-state index is 12.5. The van der Waals surface area contributed by atoms with Crippen LogP contribution in [0.4, 0.5) is 0 Å². The first-order chi connectivity index (χ1) is 12.7. The fourth-order valence-corrected chi connectivity index (χ4v) is 2.66. The van der Waals surface area contributed by atoms with Gasteiger partial charge in [0.05, 0.1) is 5.56 Å². The van der Waals surface area contributed by atoms with Crippen LogP contribution in [0.3, 0.4) is 0 Å². The number of aryl methyl sites for hydroxylation is 1. The molecule has 0 spiro atoms. The van der Waals surface area contributed by atoms with Gasteiger partial charge < -0.3 is 14.2 Å². The summed E-state index contributed by atoms with van der Waals surface area (Å²) in [6, 6.07) is 12.6. The highest BCUT2D eigenvalue weighted by Gasteiger charge is 2.28. The Hall–Kier alpha value is -3.08. The zero-order valence-electron chi connectivity index (χ0n) is 15.9. The van der Waals surface area contributed by atoms with Crippen LogP contribution in [0.1, 0.15) is 42.3 Å². The number of fused-ring (bicyclic) bond motifs is 1. The van der Waals surface area contributed by atoms with Crippen molar-refractivity contribution in [2.45, 2.75) is 33.3 Å². The van der Waals surface area contributed by atoms with E-state index in [9.17, 15) is 9.59 Å². The molecule has 0 bridgehead atoms. The van der Waals surface area contributed by atoms with Crippen LogP contribution in [0, 0.1) is 6.92 Å². The van der Waals surface area contributed by atoms with E-state index < -0.39 is 11.6 Å². The number of carbonyl (C=O) groups excluding carboxylic acids is 2. The predicted octanol–water partition coefficient (Wildman–Crippen LogP) is 4.33. The molecule has 1 heterocycles. The van der Waals surface area contributed by atoms with E-state index >= 15 is 0 Å². The lowest BCUT2D eigenvalue weighted by atomic mass is 10.1. The van der Waals surface area contributed by atoms with E-state index in [1.165, 1.54) is 0 Å². The average molecular weight is 366 g/mol. The molecule has 0 radical (unpaired) electrons. The number of ether oxygens (including phenoxy) is 3. The normalized spacial score (nSPS) is 14.7. The van der Waals surface area contributed by atoms with E-state index in [2.05, 4.69) is 0 Å². The number of rotatable bonds is 4. The fraction of sp³-hybridized carbons (Fsp3) is 0.273. The van der Waals surface area contributed by atoms with Gasteiger partial charge in [0.1, 0.15) is 17.1 Å². The van der Waals surface area contributed by atoms with Crippen LogP contribution in [0.15, 0.2) is 48.2 Å². The van der Waals surface area contributed by atoms with Crippen molar-refractivity contribution in [1.29, 1.82) is 0 Å². The molecule has 0 atom stereocenters. The minimum atomic E-state index is -0.566. The zero-order chi connectivity index (χ0) is 19.6. The molecule has 0 saturated heterocycles. The van der Waals surface area contributed by atoms with Gasteiger partial charge in [-0.2, -0.15) is 0 Å². The summed E-state index contributed by atoms with van der Waals surface area (Å²) in [6.07, 6.45) is 1.74. The Morgan fingerprint density at radius 3 is 2.59 bits per heavy atom. The Balaban J connectivity index is 1.72. The highest BCUT2D eigenvalue weighted by Crippen LogP contribution is 2.35. The van der Waals surface area contributed by atoms with Gasteiger partial charge in [-0.05, 0) is 57.0 Å². The SMILES string of the molecule is Cc1ccccc1/C=C1/Oc2cc(OCC(=O)OC(C)(C)C)ccc2C1=O. The second kappa shape index (κ2) is 7.27. The van der Waals surface area contributed by atoms with Crippen molar-refractivity contribution in [1.82, 2.24) is 0 Å². The molecule has 5 nitrogen and oxygen atoms in total. The van der Waals surface area contributed by atoms with Crippen molar-refractivity contribution < 1.29 is 23.8 Å². The summed E-state index contributed by atoms with van der Waals surface area (Å²) in [5.74, 6) is 0.488. The molecule has 1 aliphatic heterocycles. The average Bonchev–Trinajstić information content (AvgIpc) is 2.89. The number of Topliss-reactive ketones (excluding diaryl/α,β-unsaturated/α-hetero) is 1. The maximum Gasteiger partial charge on any atom is 0.344 e. The smallest absolute Gasteiger partial charge is 0.344 e. The molecule has 0 saturated carbocycles. The van der Waals surface area contributed by atoms with Crippen LogP contribution in [0.2, 0.25) is 0 Å². The van der Waals surface area contributed by atoms with E-state index in [-0.39, 0.29) is 18.1 Å². The van der Waals surface area contributed by atoms with Gasteiger partial charge in [-0.25, -0.2) is 4.79 Å². The molecule has 2 aromatic rings. The first-order valence-electron chi connectivity index (χ1n) is 8.71. The Morgan fingerprint density at radius 1 is 1.15 bits per heavy atom. The monoisotopic (exact) mass is 366 g/mol. The molecule has 0 aliphatic carbocycles. The summed E-state index contributed by atoms with van der Waals surface area (Å²) in [4.78, 5) is 24.3. The van der Waals surface area contributed by atoms with E-state index in [1.807, 2.05) is 31.2 Å². The van der Waals surface area contributed by atoms with Crippen LogP contribution in [-0.4, -0.2) is 24.0 Å². The van der Waals surface area contributed by atoms with Crippen molar-refractivity contribution in [3.8, 4) is 11.5 Å². The number of benzene rings is 2. The van der Waals surface area contributed by atoms with E-state index in [4.69, 9.17) is 14.2 Å². The van der Waals surface area contributed by atoms with Crippen LogP contribution in [0.25, 0.3) is 6.08 Å². The number of hydrogen-bond donors (Lipinski definition) is 0. The van der Waals surface area contributed by atoms with Gasteiger partial charge in [0, 0.05) is 6.07 Å². The third-order valence-electron chi connectivity index (χ3n) is 3.89. The molecule has 2 aromatic carbocycles. The predicted molar refractivity (Wildman–Crippen MR) is 102 cm³/mol. The van der Waals surface area contributed by atoms with Gasteiger partial charge in [0.2, 0.25) is 5.78 Å². The third kappa shape index (κ3) is 4.56. The molecule has 1 aliphatic rings. The lowest BCUT2D eigenvalue weighted by molar-refractivity contribution is -0.157. The number of ketones is 1. The topological polar surface area (TPSA) is 61.8 Å². The van der Waals surface area contributed by atoms with Gasteiger partial charge in [-0.3, -0.25) is 4.79 Å². The highest BCUT2D eigenvalue weighted by molar-refractivity contribution is 6.14. The van der Waals surface area contributed by atoms with Crippen molar-refractivity contribution in [3.05, 3.63) is 64.9 Å². The Bertz CT molecular complexity index is 919. The minimum Gasteiger partial charge on any atom is -0.482 e. The lowest BCUT2D eigenvalue weighted by Crippen LogP contribution is -2.27. The molecule has 3 rings (SSSR count). The molecular weight excluding hydrogens is 344 g/mol. The quantitative estimate of drug-likeness (QED) is 0.595. The van der Waals surface area contributed by atoms with Gasteiger partial charge in [0.15, 0.2) is 12.4 Å². The zero-order valence-corrected chi connectivity index (χ0v) is 15.9. The van der Waals surface area contributed by atoms with Crippen LogP contribution >= 0.6 is 0 Å². The number of esters is 1. The van der Waals surface area contributed by atoms with Gasteiger partial charge in [0.25, 0.3) is 0 Å². The Morgan fingerprint density at radius 2 is 1.89 bits per heavy atom. The van der Waals surface area contributed by atoms with Gasteiger partial charge in [-0.1, -0.05) is 24.3 Å². The number of allylic oxidation sites excluding steroid dienone is 1. The second-order valence-electron chi connectivity index (χ2n) is 7.33. The molecule has 5 heteroatoms. The summed E-state index contributed by atoms with van der Waals surface area (Å²) in [5, 5.41) is 0. The minimum absolute atomic E-state index is 0.174. The van der Waals surface area contributed by atoms with Crippen molar-refractivity contribution in [3.63, 3.8) is 0 Å². The summed E-state index contributed by atoms with van der Waals surface area (Å²) >= 11 is 0. The number of hydrogen-bond acceptors (Lipinski definition) is 5. The highest BCUT2D eigenvalue weighted by atomic mass is 16.6. The van der Waals surface area contributed by atoms with Crippen molar-refractivity contribution in [2.24, 2.45) is 0 Å². The third-order valence-corrected chi connectivity index (χ3v) is 3.89. The molecule has 140 valence electrons. The molecule has 27 heavy (non-hydrogen) atoms. The van der Waals surface area contributed by atoms with Gasteiger partial charge in [-0.15, -0.1) is 0 Å². The summed E-state index contributed by atoms with van der Waals surface area (Å²) in [6.45, 7) is 7.14. The largest absolute Gasteiger partial charge is 0.482 e. The first kappa shape index (κ1) is 18.7. The van der Waals surface area contributed by atoms with Crippen molar-refractivity contribution >= 4 is 17.8 Å². The first-order valence-corrected chi connectivity index (χ1v) is 8.71. The molecule has 0 N–H and O–H groups in total. The van der Waals surface area contributed by atoms with E-state index in [0.717, 1.165) is 11.1 Å². The van der Waals surface area contributed by atoms with Gasteiger partial charge >= 0.3 is 5.97 Å². The van der Waals surface area contributed by atoms with Crippen LogP contribution in [0.5, 0.6) is 11.5 Å². The van der Waals surface area contributed by atoms with E-state index in [0.29, 0.717) is 17.1 Å². The Labute approximate surface area is 158 Å². The number of carbonyl (C=O) groups is 2. The molecule has 0 unspecified atom stereocenters. The van der Waals surface area contributed by atoms with E-state index in [1.54, 1.807) is 45.0 Å². The molecule has 0 fully saturated rings. The molecule has 0 amide bonds. The standard InChI is InChI=1S/C22H22O5/c1-14-7-5-6-8-15(14)11-19-21(24)17-10-9-16(12-18(17)26-19)25-13-20(23)27-22(2,3)4/h5-12H,13H2,1-4H3/b19-11+.